The number of ether oxygens (including phenoxy) is 1. The Bertz CT molecular complexity index is 837. The van der Waals surface area contributed by atoms with Gasteiger partial charge in [-0.3, -0.25) is 14.4 Å². The van der Waals surface area contributed by atoms with Crippen molar-refractivity contribution in [1.82, 2.24) is 14.8 Å². The number of fused-ring (bicyclic) bond motifs is 1. The van der Waals surface area contributed by atoms with Crippen LogP contribution in [0.1, 0.15) is 29.6 Å². The summed E-state index contributed by atoms with van der Waals surface area (Å²) in [5, 5.41) is 3.53. The summed E-state index contributed by atoms with van der Waals surface area (Å²) in [5.74, 6) is -1.11. The van der Waals surface area contributed by atoms with Gasteiger partial charge in [0.25, 0.3) is 11.7 Å². The van der Waals surface area contributed by atoms with E-state index in [-0.39, 0.29) is 12.5 Å². The molecule has 7 nitrogen and oxygen atoms in total. The molecule has 2 amide bonds. The molecule has 27 heavy (non-hydrogen) atoms. The quantitative estimate of drug-likeness (QED) is 0.434. The third-order valence-corrected chi connectivity index (χ3v) is 4.78. The van der Waals surface area contributed by atoms with Crippen molar-refractivity contribution < 1.29 is 19.1 Å². The maximum atomic E-state index is 12.8. The highest BCUT2D eigenvalue weighted by atomic mass is 16.5. The molecule has 1 aromatic heterocycles. The van der Waals surface area contributed by atoms with Gasteiger partial charge in [-0.2, -0.15) is 0 Å². The predicted molar refractivity (Wildman–Crippen MR) is 102 cm³/mol. The highest BCUT2D eigenvalue weighted by Crippen LogP contribution is 2.23. The van der Waals surface area contributed by atoms with Crippen molar-refractivity contribution in [3.05, 3.63) is 36.0 Å². The monoisotopic (exact) mass is 371 g/mol. The summed E-state index contributed by atoms with van der Waals surface area (Å²) in [4.78, 5) is 39.1. The zero-order valence-electron chi connectivity index (χ0n) is 15.6. The van der Waals surface area contributed by atoms with Gasteiger partial charge in [0, 0.05) is 50.5 Å². The van der Waals surface area contributed by atoms with Crippen molar-refractivity contribution in [3.8, 4) is 0 Å². The Hall–Kier alpha value is -2.67. The molecular weight excluding hydrogens is 346 g/mol. The molecule has 3 rings (SSSR count). The van der Waals surface area contributed by atoms with Gasteiger partial charge in [-0.1, -0.05) is 18.2 Å². The maximum Gasteiger partial charge on any atom is 0.295 e. The number of nitrogens with zero attached hydrogens (tertiary/aromatic N) is 2. The van der Waals surface area contributed by atoms with Crippen LogP contribution in [-0.4, -0.2) is 60.4 Å². The molecule has 1 aliphatic heterocycles. The third kappa shape index (κ3) is 4.36. The molecule has 0 atom stereocenters. The number of ketones is 1. The second kappa shape index (κ2) is 8.81. The fraction of sp³-hybridized carbons (Fsp3) is 0.450. The number of amides is 2. The topological polar surface area (TPSA) is 80.6 Å². The Balaban J connectivity index is 1.78. The molecule has 144 valence electrons. The molecule has 1 aromatic carbocycles. The standard InChI is InChI=1S/C20H25N3O4/c1-27-12-6-9-21-18(24)14-23-13-16(15-7-2-3-8-17(15)23)19(25)20(26)22-10-4-5-11-22/h2-3,7-8,13H,4-6,9-12,14H2,1H3,(H,21,24). The number of Topliss-reactive ketones (excluding diaryl/α,β-unsaturated/α-hetero) is 1. The number of likely N-dealkylation sites (tertiary alicyclic amines) is 1. The van der Waals surface area contributed by atoms with Gasteiger partial charge in [-0.25, -0.2) is 0 Å². The van der Waals surface area contributed by atoms with E-state index in [1.807, 2.05) is 24.3 Å². The SMILES string of the molecule is COCCCNC(=O)Cn1cc(C(=O)C(=O)N2CCCC2)c2ccccc21. The first-order chi connectivity index (χ1) is 13.1. The van der Waals surface area contributed by atoms with Crippen LogP contribution in [0.4, 0.5) is 0 Å². The number of hydrogen-bond acceptors (Lipinski definition) is 4. The van der Waals surface area contributed by atoms with Crippen molar-refractivity contribution in [2.75, 3.05) is 33.4 Å². The lowest BCUT2D eigenvalue weighted by atomic mass is 10.1. The second-order valence-electron chi connectivity index (χ2n) is 6.71. The second-order valence-corrected chi connectivity index (χ2v) is 6.71. The number of aromatic nitrogens is 1. The summed E-state index contributed by atoms with van der Waals surface area (Å²) in [5.41, 5.74) is 1.12. The fourth-order valence-electron chi connectivity index (χ4n) is 3.39. The normalized spacial score (nSPS) is 13.9. The first kappa shape index (κ1) is 19.1. The van der Waals surface area contributed by atoms with E-state index in [1.54, 1.807) is 22.8 Å². The first-order valence-electron chi connectivity index (χ1n) is 9.29. The van der Waals surface area contributed by atoms with Crippen molar-refractivity contribution in [2.45, 2.75) is 25.8 Å². The molecule has 1 aliphatic rings. The number of nitrogens with one attached hydrogen (secondary N) is 1. The molecule has 0 saturated carbocycles. The molecule has 7 heteroatoms. The third-order valence-electron chi connectivity index (χ3n) is 4.78. The van der Waals surface area contributed by atoms with Crippen LogP contribution in [0.5, 0.6) is 0 Å². The molecule has 0 unspecified atom stereocenters. The van der Waals surface area contributed by atoms with E-state index < -0.39 is 11.7 Å². The highest BCUT2D eigenvalue weighted by Gasteiger charge is 2.28. The van der Waals surface area contributed by atoms with Crippen LogP contribution in [0.15, 0.2) is 30.5 Å². The maximum absolute atomic E-state index is 12.8. The smallest absolute Gasteiger partial charge is 0.295 e. The summed E-state index contributed by atoms with van der Waals surface area (Å²) >= 11 is 0. The average molecular weight is 371 g/mol. The number of benzene rings is 1. The molecule has 1 N–H and O–H groups in total. The number of rotatable bonds is 8. The average Bonchev–Trinajstić information content (AvgIpc) is 3.33. The molecule has 0 bridgehead atoms. The predicted octanol–water partition coefficient (Wildman–Crippen LogP) is 1.60. The minimum atomic E-state index is -0.507. The molecule has 1 saturated heterocycles. The lowest BCUT2D eigenvalue weighted by molar-refractivity contribution is -0.125. The van der Waals surface area contributed by atoms with Gasteiger partial charge in [0.2, 0.25) is 5.91 Å². The van der Waals surface area contributed by atoms with Crippen LogP contribution in [0.3, 0.4) is 0 Å². The molecule has 1 fully saturated rings. The summed E-state index contributed by atoms with van der Waals surface area (Å²) in [6.45, 7) is 2.48. The van der Waals surface area contributed by atoms with E-state index in [1.165, 1.54) is 0 Å². The Labute approximate surface area is 158 Å². The number of methoxy groups -OCH3 is 1. The van der Waals surface area contributed by atoms with E-state index >= 15 is 0 Å². The van der Waals surface area contributed by atoms with Gasteiger partial charge in [0.15, 0.2) is 0 Å². The van der Waals surface area contributed by atoms with Crippen molar-refractivity contribution in [2.24, 2.45) is 0 Å². The van der Waals surface area contributed by atoms with Gasteiger partial charge in [-0.05, 0) is 25.3 Å². The number of carbonyl (C=O) groups is 3. The largest absolute Gasteiger partial charge is 0.385 e. The Morgan fingerprint density at radius 2 is 1.89 bits per heavy atom. The molecule has 2 aromatic rings. The van der Waals surface area contributed by atoms with Crippen molar-refractivity contribution >= 4 is 28.5 Å². The zero-order chi connectivity index (χ0) is 19.2. The van der Waals surface area contributed by atoms with Gasteiger partial charge < -0.3 is 19.5 Å². The van der Waals surface area contributed by atoms with E-state index in [2.05, 4.69) is 5.32 Å². The van der Waals surface area contributed by atoms with Crippen LogP contribution in [0.2, 0.25) is 0 Å². The van der Waals surface area contributed by atoms with Crippen molar-refractivity contribution in [3.63, 3.8) is 0 Å². The van der Waals surface area contributed by atoms with Crippen molar-refractivity contribution in [1.29, 1.82) is 0 Å². The lowest BCUT2D eigenvalue weighted by Crippen LogP contribution is -2.34. The van der Waals surface area contributed by atoms with Crippen LogP contribution in [0.25, 0.3) is 10.9 Å². The van der Waals surface area contributed by atoms with E-state index in [4.69, 9.17) is 4.74 Å². The number of carbonyl (C=O) groups excluding carboxylic acids is 3. The Morgan fingerprint density at radius 1 is 1.15 bits per heavy atom. The minimum absolute atomic E-state index is 0.0959. The number of hydrogen-bond donors (Lipinski definition) is 1. The minimum Gasteiger partial charge on any atom is -0.385 e. The fourth-order valence-corrected chi connectivity index (χ4v) is 3.39. The molecule has 2 heterocycles. The van der Waals surface area contributed by atoms with Crippen LogP contribution in [0, 0.1) is 0 Å². The summed E-state index contributed by atoms with van der Waals surface area (Å²) in [7, 11) is 1.62. The number of para-hydroxylation sites is 1. The van der Waals surface area contributed by atoms with Gasteiger partial charge in [-0.15, -0.1) is 0 Å². The van der Waals surface area contributed by atoms with Gasteiger partial charge in [0.05, 0.1) is 5.56 Å². The molecule has 0 radical (unpaired) electrons. The van der Waals surface area contributed by atoms with Crippen LogP contribution >= 0.6 is 0 Å². The Morgan fingerprint density at radius 3 is 2.63 bits per heavy atom. The molecule has 0 spiro atoms. The highest BCUT2D eigenvalue weighted by molar-refractivity contribution is 6.44. The Kier molecular flexibility index (Phi) is 6.24. The summed E-state index contributed by atoms with van der Waals surface area (Å²) in [6, 6.07) is 7.35. The van der Waals surface area contributed by atoms with Gasteiger partial charge >= 0.3 is 0 Å². The zero-order valence-corrected chi connectivity index (χ0v) is 15.6. The summed E-state index contributed by atoms with van der Waals surface area (Å²) in [6.07, 6.45) is 4.23. The molecular formula is C20H25N3O4. The summed E-state index contributed by atoms with van der Waals surface area (Å²) < 4.78 is 6.69. The first-order valence-corrected chi connectivity index (χ1v) is 9.29. The van der Waals surface area contributed by atoms with E-state index in [0.29, 0.717) is 37.2 Å². The van der Waals surface area contributed by atoms with Crippen LogP contribution in [-0.2, 0) is 20.9 Å². The van der Waals surface area contributed by atoms with E-state index in [0.717, 1.165) is 24.8 Å². The van der Waals surface area contributed by atoms with Crippen LogP contribution < -0.4 is 5.32 Å². The van der Waals surface area contributed by atoms with E-state index in [9.17, 15) is 14.4 Å². The lowest BCUT2D eigenvalue weighted by Gasteiger charge is -2.13. The molecule has 0 aliphatic carbocycles. The van der Waals surface area contributed by atoms with Gasteiger partial charge in [0.1, 0.15) is 6.54 Å².